The van der Waals surface area contributed by atoms with Gasteiger partial charge in [-0.1, -0.05) is 44.2 Å². The highest BCUT2D eigenvalue weighted by molar-refractivity contribution is 7.93. The van der Waals surface area contributed by atoms with Crippen LogP contribution in [0, 0.1) is 16.0 Å². The van der Waals surface area contributed by atoms with Crippen LogP contribution in [-0.4, -0.2) is 65.5 Å². The number of anilines is 1. The number of benzene rings is 3. The zero-order valence-corrected chi connectivity index (χ0v) is 24.0. The Labute approximate surface area is 239 Å². The largest absolute Gasteiger partial charge is 0.423 e. The molecule has 0 spiro atoms. The average Bonchev–Trinajstić information content (AvgIpc) is 2.96. The summed E-state index contributed by atoms with van der Waals surface area (Å²) < 4.78 is 50.8. The standard InChI is InChI=1S/C29H34N2O9S/c1-22(2)27(39-20-19-38-18-17-37-3)21-30(41(35,36)28-12-8-7-11-26(28)31(33)34)24-15-13-23(14-16-24)29(32)40-25-9-5-4-6-10-25/h4-16,22,27H,17-21H2,1-3H3/t27-/m1/s1. The molecule has 0 amide bonds. The molecule has 0 heterocycles. The average molecular weight is 587 g/mol. The number of rotatable bonds is 16. The summed E-state index contributed by atoms with van der Waals surface area (Å²) in [6.07, 6.45) is -0.582. The van der Waals surface area contributed by atoms with Gasteiger partial charge in [-0.25, -0.2) is 13.2 Å². The lowest BCUT2D eigenvalue weighted by Gasteiger charge is -2.31. The Balaban J connectivity index is 1.92. The SMILES string of the molecule is COCCOCCO[C@H](CN(c1ccc(C(=O)Oc2ccccc2)cc1)S(=O)(=O)c1ccccc1[N+](=O)[O-])C(C)C. The summed E-state index contributed by atoms with van der Waals surface area (Å²) in [5.41, 5.74) is -0.148. The maximum Gasteiger partial charge on any atom is 0.343 e. The molecular formula is C29H34N2O9S. The molecule has 0 fully saturated rings. The lowest BCUT2D eigenvalue weighted by atomic mass is 10.1. The van der Waals surface area contributed by atoms with Gasteiger partial charge in [-0.3, -0.25) is 14.4 Å². The maximum absolute atomic E-state index is 14.0. The molecule has 0 unspecified atom stereocenters. The molecule has 220 valence electrons. The van der Waals surface area contributed by atoms with Crippen molar-refractivity contribution in [2.45, 2.75) is 24.8 Å². The van der Waals surface area contributed by atoms with Crippen LogP contribution in [0.3, 0.4) is 0 Å². The monoisotopic (exact) mass is 586 g/mol. The first-order chi connectivity index (χ1) is 19.6. The van der Waals surface area contributed by atoms with E-state index < -0.39 is 37.6 Å². The van der Waals surface area contributed by atoms with Crippen LogP contribution >= 0.6 is 0 Å². The molecule has 3 rings (SSSR count). The van der Waals surface area contributed by atoms with Crippen molar-refractivity contribution >= 4 is 27.4 Å². The molecule has 0 saturated heterocycles. The van der Waals surface area contributed by atoms with Crippen LogP contribution in [-0.2, 0) is 24.2 Å². The fourth-order valence-corrected chi connectivity index (χ4v) is 5.46. The van der Waals surface area contributed by atoms with Crippen LogP contribution in [0.2, 0.25) is 0 Å². The van der Waals surface area contributed by atoms with Crippen molar-refractivity contribution in [3.05, 3.63) is 94.5 Å². The Morgan fingerprint density at radius 3 is 2.17 bits per heavy atom. The molecular weight excluding hydrogens is 552 g/mol. The summed E-state index contributed by atoms with van der Waals surface area (Å²) in [7, 11) is -2.87. The summed E-state index contributed by atoms with van der Waals surface area (Å²) in [6, 6.07) is 19.5. The molecule has 0 bridgehead atoms. The fourth-order valence-electron chi connectivity index (χ4n) is 3.83. The van der Waals surface area contributed by atoms with Crippen LogP contribution < -0.4 is 9.04 Å². The van der Waals surface area contributed by atoms with Crippen molar-refractivity contribution in [2.75, 3.05) is 44.4 Å². The van der Waals surface area contributed by atoms with Gasteiger partial charge < -0.3 is 18.9 Å². The second-order valence-electron chi connectivity index (χ2n) is 9.27. The number of nitro groups is 1. The number of hydrogen-bond donors (Lipinski definition) is 0. The van der Waals surface area contributed by atoms with Crippen molar-refractivity contribution in [3.63, 3.8) is 0 Å². The molecule has 3 aromatic rings. The van der Waals surface area contributed by atoms with Gasteiger partial charge in [-0.15, -0.1) is 0 Å². The third-order valence-corrected chi connectivity index (χ3v) is 7.90. The van der Waals surface area contributed by atoms with Crippen molar-refractivity contribution in [2.24, 2.45) is 5.92 Å². The number of hydrogen-bond acceptors (Lipinski definition) is 9. The molecule has 41 heavy (non-hydrogen) atoms. The van der Waals surface area contributed by atoms with Crippen molar-refractivity contribution in [1.29, 1.82) is 0 Å². The third kappa shape index (κ3) is 8.82. The van der Waals surface area contributed by atoms with E-state index in [0.29, 0.717) is 19.0 Å². The van der Waals surface area contributed by atoms with Crippen LogP contribution in [0.25, 0.3) is 0 Å². The fraction of sp³-hybridized carbons (Fsp3) is 0.345. The predicted molar refractivity (Wildman–Crippen MR) is 153 cm³/mol. The van der Waals surface area contributed by atoms with Crippen molar-refractivity contribution < 1.29 is 37.1 Å². The number of esters is 1. The number of nitrogens with zero attached hydrogens (tertiary/aromatic N) is 2. The lowest BCUT2D eigenvalue weighted by molar-refractivity contribution is -0.387. The molecule has 1 atom stereocenters. The molecule has 0 aliphatic heterocycles. The topological polar surface area (TPSA) is 135 Å². The van der Waals surface area contributed by atoms with Gasteiger partial charge in [0.05, 0.1) is 55.3 Å². The molecule has 0 aliphatic carbocycles. The van der Waals surface area contributed by atoms with E-state index in [1.54, 1.807) is 37.4 Å². The van der Waals surface area contributed by atoms with Gasteiger partial charge in [0.25, 0.3) is 15.7 Å². The Hall–Kier alpha value is -3.84. The number of carbonyl (C=O) groups excluding carboxylic acids is 1. The zero-order chi connectivity index (χ0) is 29.8. The Morgan fingerprint density at radius 1 is 0.902 bits per heavy atom. The summed E-state index contributed by atoms with van der Waals surface area (Å²) in [4.78, 5) is 23.2. The first-order valence-corrected chi connectivity index (χ1v) is 14.4. The highest BCUT2D eigenvalue weighted by Gasteiger charge is 2.34. The molecule has 11 nitrogen and oxygen atoms in total. The highest BCUT2D eigenvalue weighted by atomic mass is 32.2. The summed E-state index contributed by atoms with van der Waals surface area (Å²) in [5.74, 6) is -0.365. The normalized spacial score (nSPS) is 12.2. The van der Waals surface area contributed by atoms with E-state index >= 15 is 0 Å². The van der Waals surface area contributed by atoms with Crippen LogP contribution in [0.4, 0.5) is 11.4 Å². The van der Waals surface area contributed by atoms with E-state index in [-0.39, 0.29) is 36.9 Å². The molecule has 3 aromatic carbocycles. The highest BCUT2D eigenvalue weighted by Crippen LogP contribution is 2.31. The Bertz CT molecular complexity index is 1380. The van der Waals surface area contributed by atoms with Crippen molar-refractivity contribution in [3.8, 4) is 5.75 Å². The molecule has 12 heteroatoms. The molecule has 0 aromatic heterocycles. The van der Waals surface area contributed by atoms with Gasteiger partial charge in [0.2, 0.25) is 0 Å². The van der Waals surface area contributed by atoms with E-state index in [4.69, 9.17) is 18.9 Å². The molecule has 0 saturated carbocycles. The molecule has 0 aliphatic rings. The Kier molecular flexibility index (Phi) is 11.8. The predicted octanol–water partition coefficient (Wildman–Crippen LogP) is 4.71. The maximum atomic E-state index is 14.0. The van der Waals surface area contributed by atoms with E-state index in [1.807, 2.05) is 13.8 Å². The number of ether oxygens (including phenoxy) is 4. The minimum atomic E-state index is -4.43. The second kappa shape index (κ2) is 15.2. The summed E-state index contributed by atoms with van der Waals surface area (Å²) in [5, 5.41) is 11.7. The minimum absolute atomic E-state index is 0.113. The second-order valence-corrected chi connectivity index (χ2v) is 11.1. The van der Waals surface area contributed by atoms with Gasteiger partial charge in [-0.05, 0) is 48.4 Å². The molecule has 0 radical (unpaired) electrons. The quantitative estimate of drug-likeness (QED) is 0.0769. The Morgan fingerprint density at radius 2 is 1.54 bits per heavy atom. The van der Waals surface area contributed by atoms with E-state index in [1.165, 1.54) is 42.5 Å². The number of carbonyl (C=O) groups is 1. The third-order valence-electron chi connectivity index (χ3n) is 6.06. The smallest absolute Gasteiger partial charge is 0.343 e. The number of nitro benzene ring substituents is 1. The van der Waals surface area contributed by atoms with Gasteiger partial charge >= 0.3 is 5.97 Å². The molecule has 0 N–H and O–H groups in total. The minimum Gasteiger partial charge on any atom is -0.423 e. The van der Waals surface area contributed by atoms with Gasteiger partial charge in [-0.2, -0.15) is 0 Å². The first kappa shape index (κ1) is 31.7. The summed E-state index contributed by atoms with van der Waals surface area (Å²) >= 11 is 0. The lowest BCUT2D eigenvalue weighted by Crippen LogP contribution is -2.41. The van der Waals surface area contributed by atoms with E-state index in [0.717, 1.165) is 10.4 Å². The summed E-state index contributed by atoms with van der Waals surface area (Å²) in [6.45, 7) is 4.94. The zero-order valence-electron chi connectivity index (χ0n) is 23.2. The van der Waals surface area contributed by atoms with Crippen molar-refractivity contribution in [1.82, 2.24) is 0 Å². The number of sulfonamides is 1. The van der Waals surface area contributed by atoms with Crippen LogP contribution in [0.5, 0.6) is 5.75 Å². The van der Waals surface area contributed by atoms with Gasteiger partial charge in [0, 0.05) is 13.2 Å². The van der Waals surface area contributed by atoms with Crippen LogP contribution in [0.1, 0.15) is 24.2 Å². The first-order valence-electron chi connectivity index (χ1n) is 13.0. The van der Waals surface area contributed by atoms with E-state index in [2.05, 4.69) is 0 Å². The van der Waals surface area contributed by atoms with Crippen LogP contribution in [0.15, 0.2) is 83.8 Å². The van der Waals surface area contributed by atoms with Gasteiger partial charge in [0.1, 0.15) is 5.75 Å². The number of methoxy groups -OCH3 is 1. The number of para-hydroxylation sites is 2. The van der Waals surface area contributed by atoms with Gasteiger partial charge in [0.15, 0.2) is 4.90 Å². The van der Waals surface area contributed by atoms with E-state index in [9.17, 15) is 23.3 Å².